The van der Waals surface area contributed by atoms with Crippen molar-refractivity contribution in [2.75, 3.05) is 31.3 Å². The Kier molecular flexibility index (Phi) is 6.52. The van der Waals surface area contributed by atoms with E-state index in [9.17, 15) is 0 Å². The van der Waals surface area contributed by atoms with Gasteiger partial charge in [-0.2, -0.15) is 0 Å². The van der Waals surface area contributed by atoms with E-state index in [1.54, 1.807) is 25.1 Å². The van der Waals surface area contributed by atoms with Gasteiger partial charge in [-0.05, 0) is 13.3 Å². The van der Waals surface area contributed by atoms with E-state index >= 15 is 0 Å². The van der Waals surface area contributed by atoms with Crippen LogP contribution in [0.25, 0.3) is 0 Å². The van der Waals surface area contributed by atoms with Crippen LogP contribution < -0.4 is 5.32 Å². The van der Waals surface area contributed by atoms with Crippen molar-refractivity contribution in [3.05, 3.63) is 11.2 Å². The van der Waals surface area contributed by atoms with Gasteiger partial charge in [-0.15, -0.1) is 11.8 Å². The molecule has 0 aromatic carbocycles. The van der Waals surface area contributed by atoms with E-state index in [1.807, 2.05) is 6.92 Å². The molecule has 0 spiro atoms. The number of nitrogens with zero attached hydrogens (tertiary/aromatic N) is 2. The van der Waals surface area contributed by atoms with Gasteiger partial charge in [-0.25, -0.2) is 9.97 Å². The monoisotopic (exact) mass is 261 g/mol. The molecular formula is C10H16ClN3OS. The lowest BCUT2D eigenvalue weighted by Crippen LogP contribution is -2.02. The third-order valence-corrected chi connectivity index (χ3v) is 3.24. The largest absolute Gasteiger partial charge is 0.385 e. The van der Waals surface area contributed by atoms with Gasteiger partial charge in [0, 0.05) is 26.0 Å². The summed E-state index contributed by atoms with van der Waals surface area (Å²) in [5.74, 6) is 1.57. The average molecular weight is 262 g/mol. The smallest absolute Gasteiger partial charge is 0.223 e. The molecule has 1 aromatic heterocycles. The Morgan fingerprint density at radius 3 is 3.06 bits per heavy atom. The maximum Gasteiger partial charge on any atom is 0.223 e. The summed E-state index contributed by atoms with van der Waals surface area (Å²) in [6.07, 6.45) is 2.61. The fraction of sp³-hybridized carbons (Fsp3) is 0.600. The van der Waals surface area contributed by atoms with Crippen LogP contribution in [0.15, 0.2) is 11.2 Å². The molecule has 16 heavy (non-hydrogen) atoms. The van der Waals surface area contributed by atoms with E-state index in [0.717, 1.165) is 30.4 Å². The Hall–Kier alpha value is -0.520. The normalized spacial score (nSPS) is 10.4. The highest BCUT2D eigenvalue weighted by atomic mass is 35.5. The Balaban J connectivity index is 2.52. The van der Waals surface area contributed by atoms with Crippen LogP contribution in [-0.2, 0) is 4.74 Å². The molecule has 1 rings (SSSR count). The molecule has 0 aliphatic carbocycles. The molecule has 0 fully saturated rings. The predicted molar refractivity (Wildman–Crippen MR) is 68.4 cm³/mol. The van der Waals surface area contributed by atoms with Gasteiger partial charge in [-0.3, -0.25) is 0 Å². The van der Waals surface area contributed by atoms with Crippen LogP contribution in [-0.4, -0.2) is 36.0 Å². The number of thioether (sulfide) groups is 1. The molecule has 0 aliphatic heterocycles. The summed E-state index contributed by atoms with van der Waals surface area (Å²) in [4.78, 5) is 8.41. The summed E-state index contributed by atoms with van der Waals surface area (Å²) >= 11 is 7.63. The Labute approximate surface area is 105 Å². The Morgan fingerprint density at radius 2 is 2.38 bits per heavy atom. The standard InChI is InChI=1S/C10H16ClN3OS/c1-3-12-10-13-7-8(11)9(14-10)16-6-4-5-15-2/h7H,3-6H2,1-2H3,(H,12,13,14). The molecule has 0 saturated carbocycles. The highest BCUT2D eigenvalue weighted by Gasteiger charge is 2.05. The van der Waals surface area contributed by atoms with Crippen molar-refractivity contribution in [2.24, 2.45) is 0 Å². The second-order valence-electron chi connectivity index (χ2n) is 3.07. The van der Waals surface area contributed by atoms with Gasteiger partial charge in [0.1, 0.15) is 5.03 Å². The number of rotatable bonds is 7. The average Bonchev–Trinajstić information content (AvgIpc) is 2.29. The van der Waals surface area contributed by atoms with Gasteiger partial charge in [-0.1, -0.05) is 11.6 Å². The van der Waals surface area contributed by atoms with E-state index in [2.05, 4.69) is 15.3 Å². The topological polar surface area (TPSA) is 47.0 Å². The fourth-order valence-corrected chi connectivity index (χ4v) is 2.12. The van der Waals surface area contributed by atoms with Crippen molar-refractivity contribution in [3.8, 4) is 0 Å². The van der Waals surface area contributed by atoms with E-state index in [0.29, 0.717) is 11.0 Å². The number of halogens is 1. The van der Waals surface area contributed by atoms with E-state index in [-0.39, 0.29) is 0 Å². The summed E-state index contributed by atoms with van der Waals surface area (Å²) in [5.41, 5.74) is 0. The van der Waals surface area contributed by atoms with Crippen molar-refractivity contribution < 1.29 is 4.74 Å². The number of hydrogen-bond donors (Lipinski definition) is 1. The third kappa shape index (κ3) is 4.55. The minimum atomic E-state index is 0.601. The molecule has 4 nitrogen and oxygen atoms in total. The molecule has 0 atom stereocenters. The summed E-state index contributed by atoms with van der Waals surface area (Å²) in [5, 5.41) is 4.48. The van der Waals surface area contributed by atoms with E-state index < -0.39 is 0 Å². The van der Waals surface area contributed by atoms with Crippen molar-refractivity contribution >= 4 is 29.3 Å². The Morgan fingerprint density at radius 1 is 1.56 bits per heavy atom. The Bertz CT molecular complexity index is 325. The lowest BCUT2D eigenvalue weighted by atomic mass is 10.5. The molecule has 90 valence electrons. The first kappa shape index (κ1) is 13.5. The molecule has 0 saturated heterocycles. The lowest BCUT2D eigenvalue weighted by molar-refractivity contribution is 0.200. The molecule has 0 aliphatic rings. The van der Waals surface area contributed by atoms with Gasteiger partial charge in [0.05, 0.1) is 11.2 Å². The first-order valence-electron chi connectivity index (χ1n) is 5.16. The second kappa shape index (κ2) is 7.70. The number of ether oxygens (including phenoxy) is 1. The highest BCUT2D eigenvalue weighted by molar-refractivity contribution is 7.99. The number of aromatic nitrogens is 2. The SMILES string of the molecule is CCNc1ncc(Cl)c(SCCCOC)n1. The van der Waals surface area contributed by atoms with Crippen molar-refractivity contribution in [3.63, 3.8) is 0 Å². The molecule has 6 heteroatoms. The van der Waals surface area contributed by atoms with Crippen LogP contribution >= 0.6 is 23.4 Å². The zero-order valence-corrected chi connectivity index (χ0v) is 11.1. The molecule has 0 bridgehead atoms. The molecule has 1 aromatic rings. The summed E-state index contributed by atoms with van der Waals surface area (Å²) in [7, 11) is 1.70. The van der Waals surface area contributed by atoms with E-state index in [1.165, 1.54) is 0 Å². The number of nitrogens with one attached hydrogen (secondary N) is 1. The predicted octanol–water partition coefficient (Wildman–Crippen LogP) is 2.69. The van der Waals surface area contributed by atoms with Gasteiger partial charge >= 0.3 is 0 Å². The van der Waals surface area contributed by atoms with Crippen LogP contribution in [0.4, 0.5) is 5.95 Å². The quantitative estimate of drug-likeness (QED) is 0.465. The van der Waals surface area contributed by atoms with Crippen LogP contribution in [0, 0.1) is 0 Å². The zero-order valence-electron chi connectivity index (χ0n) is 9.49. The van der Waals surface area contributed by atoms with Crippen molar-refractivity contribution in [2.45, 2.75) is 18.4 Å². The van der Waals surface area contributed by atoms with Crippen LogP contribution in [0.2, 0.25) is 5.02 Å². The minimum Gasteiger partial charge on any atom is -0.385 e. The zero-order chi connectivity index (χ0) is 11.8. The molecule has 1 N–H and O–H groups in total. The molecule has 1 heterocycles. The highest BCUT2D eigenvalue weighted by Crippen LogP contribution is 2.25. The van der Waals surface area contributed by atoms with Crippen molar-refractivity contribution in [1.82, 2.24) is 9.97 Å². The molecule has 0 unspecified atom stereocenters. The summed E-state index contributed by atoms with van der Waals surface area (Å²) in [6.45, 7) is 3.56. The third-order valence-electron chi connectivity index (χ3n) is 1.78. The van der Waals surface area contributed by atoms with Gasteiger partial charge in [0.15, 0.2) is 0 Å². The second-order valence-corrected chi connectivity index (χ2v) is 4.56. The summed E-state index contributed by atoms with van der Waals surface area (Å²) in [6, 6.07) is 0. The maximum atomic E-state index is 6.00. The fourth-order valence-electron chi connectivity index (χ4n) is 1.07. The van der Waals surface area contributed by atoms with E-state index in [4.69, 9.17) is 16.3 Å². The maximum absolute atomic E-state index is 6.00. The van der Waals surface area contributed by atoms with Gasteiger partial charge in [0.2, 0.25) is 5.95 Å². The molecule has 0 amide bonds. The molecular weight excluding hydrogens is 246 g/mol. The minimum absolute atomic E-state index is 0.601. The van der Waals surface area contributed by atoms with Gasteiger partial charge < -0.3 is 10.1 Å². The first-order valence-corrected chi connectivity index (χ1v) is 6.52. The lowest BCUT2D eigenvalue weighted by Gasteiger charge is -2.06. The van der Waals surface area contributed by atoms with Crippen LogP contribution in [0.3, 0.4) is 0 Å². The number of anilines is 1. The number of hydrogen-bond acceptors (Lipinski definition) is 5. The van der Waals surface area contributed by atoms with Crippen molar-refractivity contribution in [1.29, 1.82) is 0 Å². The first-order chi connectivity index (χ1) is 7.77. The summed E-state index contributed by atoms with van der Waals surface area (Å²) < 4.78 is 4.98. The molecule has 0 radical (unpaired) electrons. The van der Waals surface area contributed by atoms with Crippen LogP contribution in [0.1, 0.15) is 13.3 Å². The number of methoxy groups -OCH3 is 1. The van der Waals surface area contributed by atoms with Gasteiger partial charge in [0.25, 0.3) is 0 Å². The van der Waals surface area contributed by atoms with Crippen LogP contribution in [0.5, 0.6) is 0 Å².